The van der Waals surface area contributed by atoms with Crippen molar-refractivity contribution in [1.82, 2.24) is 15.5 Å². The summed E-state index contributed by atoms with van der Waals surface area (Å²) in [6, 6.07) is 12.4. The maximum absolute atomic E-state index is 13.2. The molecule has 2 aromatic carbocycles. The maximum Gasteiger partial charge on any atom is 0.328 e. The van der Waals surface area contributed by atoms with Gasteiger partial charge in [-0.05, 0) is 40.7 Å². The van der Waals surface area contributed by atoms with Crippen molar-refractivity contribution >= 4 is 40.3 Å². The minimum absolute atomic E-state index is 0.0434. The van der Waals surface area contributed by atoms with Gasteiger partial charge in [0.2, 0.25) is 11.8 Å². The van der Waals surface area contributed by atoms with E-state index in [9.17, 15) is 14.4 Å². The van der Waals surface area contributed by atoms with Crippen LogP contribution in [0.3, 0.4) is 0 Å². The first-order valence-electron chi connectivity index (χ1n) is 13.0. The summed E-state index contributed by atoms with van der Waals surface area (Å²) in [5.74, 6) is -0.215. The van der Waals surface area contributed by atoms with E-state index in [0.717, 1.165) is 22.8 Å². The number of rotatable bonds is 16. The SMILES string of the molecule is CC[C@H](C)[C@@H](CN(CC(=O)N[C@@H](CCSC)C(=O)OC)Cc1cccc2ccccc12)NC(=O)[C@@H](N)CN. The molecule has 0 aliphatic carbocycles. The van der Waals surface area contributed by atoms with Crippen molar-refractivity contribution in [2.45, 2.75) is 51.4 Å². The fourth-order valence-electron chi connectivity index (χ4n) is 4.25. The lowest BCUT2D eigenvalue weighted by Gasteiger charge is -2.32. The van der Waals surface area contributed by atoms with E-state index >= 15 is 0 Å². The number of nitrogens with zero attached hydrogens (tertiary/aromatic N) is 1. The molecule has 6 N–H and O–H groups in total. The third-order valence-corrected chi connectivity index (χ3v) is 7.42. The number of thioether (sulfide) groups is 1. The standard InChI is InChI=1S/C28H43N5O4S/c1-5-19(2)25(32-27(35)23(30)15-29)17-33(16-21-11-8-10-20-9-6-7-12-22(20)21)18-26(34)31-24(13-14-38-4)28(36)37-3/h6-12,19,23-25H,5,13-18,29-30H2,1-4H3,(H,31,34)(H,32,35)/t19-,23-,24-,25+/m0/s1. The van der Waals surface area contributed by atoms with Crippen molar-refractivity contribution in [3.63, 3.8) is 0 Å². The highest BCUT2D eigenvalue weighted by molar-refractivity contribution is 7.98. The Bertz CT molecular complexity index is 1050. The number of nitrogens with two attached hydrogens (primary N) is 2. The molecule has 0 aliphatic heterocycles. The molecule has 0 saturated heterocycles. The summed E-state index contributed by atoms with van der Waals surface area (Å²) in [4.78, 5) is 40.1. The molecule has 0 bridgehead atoms. The molecule has 2 rings (SSSR count). The summed E-state index contributed by atoms with van der Waals surface area (Å²) < 4.78 is 4.90. The van der Waals surface area contributed by atoms with E-state index < -0.39 is 18.1 Å². The number of hydrogen-bond donors (Lipinski definition) is 4. The molecule has 0 heterocycles. The van der Waals surface area contributed by atoms with Crippen LogP contribution in [0.1, 0.15) is 32.3 Å². The zero-order chi connectivity index (χ0) is 28.1. The highest BCUT2D eigenvalue weighted by Crippen LogP contribution is 2.21. The van der Waals surface area contributed by atoms with Crippen molar-refractivity contribution in [2.75, 3.05) is 38.8 Å². The Morgan fingerprint density at radius 1 is 1.11 bits per heavy atom. The Balaban J connectivity index is 2.32. The number of esters is 1. The summed E-state index contributed by atoms with van der Waals surface area (Å²) in [6.45, 7) is 5.11. The zero-order valence-electron chi connectivity index (χ0n) is 22.9. The summed E-state index contributed by atoms with van der Waals surface area (Å²) in [7, 11) is 1.32. The number of amides is 2. The Morgan fingerprint density at radius 2 is 1.82 bits per heavy atom. The number of methoxy groups -OCH3 is 1. The summed E-state index contributed by atoms with van der Waals surface area (Å²) in [6.07, 6.45) is 3.25. The molecule has 38 heavy (non-hydrogen) atoms. The van der Waals surface area contributed by atoms with Crippen molar-refractivity contribution in [3.05, 3.63) is 48.0 Å². The van der Waals surface area contributed by atoms with Crippen LogP contribution in [0, 0.1) is 5.92 Å². The van der Waals surface area contributed by atoms with E-state index in [2.05, 4.69) is 42.7 Å². The largest absolute Gasteiger partial charge is 0.467 e. The van der Waals surface area contributed by atoms with Gasteiger partial charge in [-0.3, -0.25) is 14.5 Å². The normalized spacial score (nSPS) is 14.5. The van der Waals surface area contributed by atoms with Gasteiger partial charge in [0, 0.05) is 25.7 Å². The monoisotopic (exact) mass is 545 g/mol. The number of hydrogen-bond acceptors (Lipinski definition) is 8. The van der Waals surface area contributed by atoms with Crippen LogP contribution >= 0.6 is 11.8 Å². The first-order valence-corrected chi connectivity index (χ1v) is 14.4. The van der Waals surface area contributed by atoms with Crippen LogP contribution in [-0.4, -0.2) is 79.6 Å². The molecule has 210 valence electrons. The number of ether oxygens (including phenoxy) is 1. The number of nitrogens with one attached hydrogen (secondary N) is 2. The van der Waals surface area contributed by atoms with Crippen LogP contribution in [0.5, 0.6) is 0 Å². The van der Waals surface area contributed by atoms with Crippen molar-refractivity contribution in [2.24, 2.45) is 17.4 Å². The van der Waals surface area contributed by atoms with Crippen LogP contribution in [0.4, 0.5) is 0 Å². The Labute approximate surface area is 230 Å². The van der Waals surface area contributed by atoms with Gasteiger partial charge in [0.25, 0.3) is 0 Å². The van der Waals surface area contributed by atoms with Crippen molar-refractivity contribution in [1.29, 1.82) is 0 Å². The quantitative estimate of drug-likeness (QED) is 0.235. The van der Waals surface area contributed by atoms with E-state index in [1.807, 2.05) is 35.4 Å². The molecule has 4 atom stereocenters. The minimum atomic E-state index is -0.798. The highest BCUT2D eigenvalue weighted by atomic mass is 32.2. The van der Waals surface area contributed by atoms with Crippen LogP contribution < -0.4 is 22.1 Å². The van der Waals surface area contributed by atoms with Gasteiger partial charge in [0.05, 0.1) is 19.7 Å². The lowest BCUT2D eigenvalue weighted by atomic mass is 9.97. The van der Waals surface area contributed by atoms with E-state index in [1.165, 1.54) is 7.11 Å². The third-order valence-electron chi connectivity index (χ3n) is 6.78. The zero-order valence-corrected chi connectivity index (χ0v) is 23.8. The van der Waals surface area contributed by atoms with Crippen molar-refractivity contribution in [3.8, 4) is 0 Å². The molecular weight excluding hydrogens is 502 g/mol. The van der Waals surface area contributed by atoms with Crippen LogP contribution in [0.25, 0.3) is 10.8 Å². The van der Waals surface area contributed by atoms with E-state index in [1.54, 1.807) is 11.8 Å². The number of carbonyl (C=O) groups excluding carboxylic acids is 3. The van der Waals surface area contributed by atoms with Gasteiger partial charge in [0.15, 0.2) is 0 Å². The topological polar surface area (TPSA) is 140 Å². The fourth-order valence-corrected chi connectivity index (χ4v) is 4.72. The smallest absolute Gasteiger partial charge is 0.328 e. The number of fused-ring (bicyclic) bond motifs is 1. The van der Waals surface area contributed by atoms with Crippen LogP contribution in [0.2, 0.25) is 0 Å². The van der Waals surface area contributed by atoms with Gasteiger partial charge in [-0.2, -0.15) is 11.8 Å². The lowest BCUT2D eigenvalue weighted by Crippen LogP contribution is -2.54. The third kappa shape index (κ3) is 9.58. The molecule has 0 spiro atoms. The van der Waals surface area contributed by atoms with Crippen LogP contribution in [0.15, 0.2) is 42.5 Å². The van der Waals surface area contributed by atoms with Gasteiger partial charge in [-0.1, -0.05) is 62.7 Å². The molecule has 2 amide bonds. The van der Waals surface area contributed by atoms with Gasteiger partial charge in [0.1, 0.15) is 6.04 Å². The van der Waals surface area contributed by atoms with E-state index in [4.69, 9.17) is 16.2 Å². The van der Waals surface area contributed by atoms with Crippen molar-refractivity contribution < 1.29 is 19.1 Å². The first-order chi connectivity index (χ1) is 18.2. The predicted molar refractivity (Wildman–Crippen MR) is 155 cm³/mol. The molecular formula is C28H43N5O4S. The van der Waals surface area contributed by atoms with E-state index in [0.29, 0.717) is 25.3 Å². The Hall–Kier alpha value is -2.66. The van der Waals surface area contributed by atoms with Gasteiger partial charge < -0.3 is 26.8 Å². The number of carbonyl (C=O) groups is 3. The van der Waals surface area contributed by atoms with Gasteiger partial charge >= 0.3 is 5.97 Å². The minimum Gasteiger partial charge on any atom is -0.467 e. The Kier molecular flexibility index (Phi) is 13.6. The molecule has 0 aliphatic rings. The molecule has 0 unspecified atom stereocenters. The fraction of sp³-hybridized carbons (Fsp3) is 0.536. The van der Waals surface area contributed by atoms with Crippen LogP contribution in [-0.2, 0) is 25.7 Å². The second-order valence-electron chi connectivity index (χ2n) is 9.58. The number of benzene rings is 2. The summed E-state index contributed by atoms with van der Waals surface area (Å²) in [5, 5.41) is 8.10. The molecule has 0 fully saturated rings. The highest BCUT2D eigenvalue weighted by Gasteiger charge is 2.27. The second-order valence-corrected chi connectivity index (χ2v) is 10.6. The molecule has 0 aromatic heterocycles. The summed E-state index contributed by atoms with van der Waals surface area (Å²) >= 11 is 1.60. The average Bonchev–Trinajstić information content (AvgIpc) is 2.93. The molecule has 9 nitrogen and oxygen atoms in total. The molecule has 0 radical (unpaired) electrons. The Morgan fingerprint density at radius 3 is 2.47 bits per heavy atom. The second kappa shape index (κ2) is 16.3. The molecule has 10 heteroatoms. The van der Waals surface area contributed by atoms with Gasteiger partial charge in [-0.25, -0.2) is 4.79 Å². The predicted octanol–water partition coefficient (Wildman–Crippen LogP) is 1.87. The first kappa shape index (κ1) is 31.6. The van der Waals surface area contributed by atoms with Gasteiger partial charge in [-0.15, -0.1) is 0 Å². The van der Waals surface area contributed by atoms with E-state index in [-0.39, 0.29) is 36.9 Å². The summed E-state index contributed by atoms with van der Waals surface area (Å²) in [5.41, 5.74) is 12.6. The maximum atomic E-state index is 13.2. The lowest BCUT2D eigenvalue weighted by molar-refractivity contribution is -0.145. The average molecular weight is 546 g/mol. The molecule has 0 saturated carbocycles. The molecule has 2 aromatic rings.